The van der Waals surface area contributed by atoms with Crippen molar-refractivity contribution < 1.29 is 27.5 Å². The second kappa shape index (κ2) is 8.34. The first-order valence-electron chi connectivity index (χ1n) is 9.00. The highest BCUT2D eigenvalue weighted by Crippen LogP contribution is 2.32. The van der Waals surface area contributed by atoms with Crippen LogP contribution in [0.15, 0.2) is 18.2 Å². The summed E-state index contributed by atoms with van der Waals surface area (Å²) in [6.45, 7) is 2.97. The second-order valence-corrected chi connectivity index (χ2v) is 7.65. The van der Waals surface area contributed by atoms with Gasteiger partial charge in [-0.25, -0.2) is 4.98 Å². The maximum atomic E-state index is 12.6. The molecule has 3 rings (SSSR count). The maximum Gasteiger partial charge on any atom is 0.573 e. The summed E-state index contributed by atoms with van der Waals surface area (Å²) in [5.41, 5.74) is 0.471. The average molecular weight is 415 g/mol. The monoisotopic (exact) mass is 415 g/mol. The Morgan fingerprint density at radius 3 is 2.89 bits per heavy atom. The fourth-order valence-corrected chi connectivity index (χ4v) is 4.05. The van der Waals surface area contributed by atoms with Gasteiger partial charge in [-0.15, -0.1) is 13.2 Å². The van der Waals surface area contributed by atoms with Crippen molar-refractivity contribution in [3.05, 3.63) is 18.2 Å². The summed E-state index contributed by atoms with van der Waals surface area (Å²) in [6, 6.07) is 3.83. The fourth-order valence-electron chi connectivity index (χ4n) is 3.15. The first-order chi connectivity index (χ1) is 13.2. The van der Waals surface area contributed by atoms with Gasteiger partial charge in [0.15, 0.2) is 5.13 Å². The van der Waals surface area contributed by atoms with E-state index in [4.69, 9.17) is 0 Å². The van der Waals surface area contributed by atoms with Crippen LogP contribution in [0.2, 0.25) is 0 Å². The van der Waals surface area contributed by atoms with Gasteiger partial charge in [0.1, 0.15) is 5.75 Å². The lowest BCUT2D eigenvalue weighted by molar-refractivity contribution is -0.274. The van der Waals surface area contributed by atoms with E-state index in [-0.39, 0.29) is 23.5 Å². The highest BCUT2D eigenvalue weighted by atomic mass is 32.1. The van der Waals surface area contributed by atoms with Crippen molar-refractivity contribution >= 4 is 38.5 Å². The van der Waals surface area contributed by atoms with Gasteiger partial charge in [0, 0.05) is 25.6 Å². The van der Waals surface area contributed by atoms with Crippen LogP contribution in [0.5, 0.6) is 5.75 Å². The van der Waals surface area contributed by atoms with Crippen LogP contribution in [0.3, 0.4) is 0 Å². The molecule has 28 heavy (non-hydrogen) atoms. The zero-order valence-electron chi connectivity index (χ0n) is 15.2. The smallest absolute Gasteiger partial charge is 0.406 e. The lowest BCUT2D eigenvalue weighted by Crippen LogP contribution is -2.43. The Morgan fingerprint density at radius 2 is 2.18 bits per heavy atom. The summed E-state index contributed by atoms with van der Waals surface area (Å²) in [4.78, 5) is 30.6. The Bertz CT molecular complexity index is 869. The first-order valence-corrected chi connectivity index (χ1v) is 9.82. The summed E-state index contributed by atoms with van der Waals surface area (Å²) < 4.78 is 41.4. The number of likely N-dealkylation sites (tertiary alicyclic amines) is 1. The minimum absolute atomic E-state index is 0.0529. The third kappa shape index (κ3) is 5.12. The van der Waals surface area contributed by atoms with Crippen molar-refractivity contribution in [3.8, 4) is 5.75 Å². The van der Waals surface area contributed by atoms with Crippen molar-refractivity contribution in [2.45, 2.75) is 39.0 Å². The number of aromatic nitrogens is 1. The summed E-state index contributed by atoms with van der Waals surface area (Å²) in [5, 5.41) is 3.03. The van der Waals surface area contributed by atoms with Crippen molar-refractivity contribution in [1.82, 2.24) is 9.88 Å². The first kappa shape index (κ1) is 20.4. The molecule has 0 spiro atoms. The number of nitrogens with zero attached hydrogens (tertiary/aromatic N) is 2. The van der Waals surface area contributed by atoms with Gasteiger partial charge in [0.05, 0.1) is 16.1 Å². The molecule has 152 valence electrons. The van der Waals surface area contributed by atoms with Crippen LogP contribution in [0, 0.1) is 5.92 Å². The molecule has 2 aromatic rings. The number of piperidine rings is 1. The number of alkyl halides is 3. The molecule has 1 aromatic heterocycles. The highest BCUT2D eigenvalue weighted by molar-refractivity contribution is 7.22. The third-order valence-electron chi connectivity index (χ3n) is 4.43. The van der Waals surface area contributed by atoms with Crippen molar-refractivity contribution in [2.75, 3.05) is 18.4 Å². The van der Waals surface area contributed by atoms with Crippen molar-refractivity contribution in [1.29, 1.82) is 0 Å². The number of ether oxygens (including phenoxy) is 1. The molecule has 6 nitrogen and oxygen atoms in total. The molecule has 1 aromatic carbocycles. The number of carbonyl (C=O) groups is 2. The van der Waals surface area contributed by atoms with E-state index in [1.54, 1.807) is 4.90 Å². The number of fused-ring (bicyclic) bond motifs is 1. The molecule has 1 atom stereocenters. The minimum Gasteiger partial charge on any atom is -0.406 e. The number of halogens is 3. The Morgan fingerprint density at radius 1 is 1.39 bits per heavy atom. The molecule has 0 bridgehead atoms. The van der Waals surface area contributed by atoms with Crippen molar-refractivity contribution in [3.63, 3.8) is 0 Å². The Labute approximate surface area is 163 Å². The third-order valence-corrected chi connectivity index (χ3v) is 5.37. The minimum atomic E-state index is -4.77. The molecular formula is C18H20F3N3O3S. The van der Waals surface area contributed by atoms with Gasteiger partial charge in [0.2, 0.25) is 11.8 Å². The van der Waals surface area contributed by atoms with Crippen LogP contribution in [-0.2, 0) is 9.59 Å². The van der Waals surface area contributed by atoms with Crippen LogP contribution in [-0.4, -0.2) is 41.2 Å². The van der Waals surface area contributed by atoms with Gasteiger partial charge in [0.25, 0.3) is 0 Å². The normalized spacial score (nSPS) is 17.6. The molecule has 10 heteroatoms. The molecule has 0 aliphatic carbocycles. The van der Waals surface area contributed by atoms with Gasteiger partial charge < -0.3 is 15.0 Å². The van der Waals surface area contributed by atoms with Crippen LogP contribution < -0.4 is 10.1 Å². The van der Waals surface area contributed by atoms with Gasteiger partial charge in [-0.2, -0.15) is 0 Å². The molecule has 1 N–H and O–H groups in total. The van der Waals surface area contributed by atoms with Gasteiger partial charge in [-0.3, -0.25) is 9.59 Å². The molecular weight excluding hydrogens is 395 g/mol. The van der Waals surface area contributed by atoms with E-state index in [0.717, 1.165) is 24.2 Å². The number of anilines is 1. The molecule has 1 unspecified atom stereocenters. The second-order valence-electron chi connectivity index (χ2n) is 6.61. The van der Waals surface area contributed by atoms with E-state index in [9.17, 15) is 22.8 Å². The Kier molecular flexibility index (Phi) is 6.07. The van der Waals surface area contributed by atoms with E-state index in [1.807, 2.05) is 6.92 Å². The molecule has 2 heterocycles. The van der Waals surface area contributed by atoms with Gasteiger partial charge in [-0.1, -0.05) is 18.3 Å². The Balaban J connectivity index is 1.66. The molecule has 1 aliphatic heterocycles. The number of hydrogen-bond donors (Lipinski definition) is 1. The number of benzene rings is 1. The number of carbonyl (C=O) groups excluding carboxylic acids is 2. The number of rotatable bonds is 5. The lowest BCUT2D eigenvalue weighted by Gasteiger charge is -2.31. The summed E-state index contributed by atoms with van der Waals surface area (Å²) in [7, 11) is 0. The summed E-state index contributed by atoms with van der Waals surface area (Å²) in [5.74, 6) is -0.846. The molecule has 2 amide bonds. The quantitative estimate of drug-likeness (QED) is 0.796. The number of amides is 2. The van der Waals surface area contributed by atoms with Crippen LogP contribution in [0.25, 0.3) is 10.2 Å². The average Bonchev–Trinajstić information content (AvgIpc) is 3.02. The standard InChI is InChI=1S/C18H20F3N3O3S/c1-2-4-15(25)24-8-3-5-11(10-24)16(26)23-17-22-13-7-6-12(9-14(13)28-17)27-18(19,20)21/h6-7,9,11H,2-5,8,10H2,1H3,(H,22,23,26). The van der Waals surface area contributed by atoms with E-state index in [2.05, 4.69) is 15.0 Å². The van der Waals surface area contributed by atoms with Crippen LogP contribution in [0.1, 0.15) is 32.6 Å². The largest absolute Gasteiger partial charge is 0.573 e. The Hall–Kier alpha value is -2.36. The fraction of sp³-hybridized carbons (Fsp3) is 0.500. The summed E-state index contributed by atoms with van der Waals surface area (Å²) >= 11 is 1.07. The molecule has 1 aliphatic rings. The van der Waals surface area contributed by atoms with Crippen LogP contribution in [0.4, 0.5) is 18.3 Å². The van der Waals surface area contributed by atoms with Crippen molar-refractivity contribution in [2.24, 2.45) is 5.92 Å². The highest BCUT2D eigenvalue weighted by Gasteiger charge is 2.31. The van der Waals surface area contributed by atoms with Crippen LogP contribution >= 0.6 is 11.3 Å². The molecule has 0 radical (unpaired) electrons. The zero-order chi connectivity index (χ0) is 20.3. The maximum absolute atomic E-state index is 12.6. The van der Waals surface area contributed by atoms with E-state index >= 15 is 0 Å². The predicted molar refractivity (Wildman–Crippen MR) is 99.1 cm³/mol. The lowest BCUT2D eigenvalue weighted by atomic mass is 9.97. The molecule has 0 saturated carbocycles. The molecule has 1 fully saturated rings. The zero-order valence-corrected chi connectivity index (χ0v) is 16.0. The van der Waals surface area contributed by atoms with E-state index in [0.29, 0.717) is 41.3 Å². The number of nitrogens with one attached hydrogen (secondary N) is 1. The van der Waals surface area contributed by atoms with E-state index in [1.165, 1.54) is 18.2 Å². The van der Waals surface area contributed by atoms with Gasteiger partial charge in [-0.05, 0) is 31.4 Å². The number of thiazole rings is 1. The summed E-state index contributed by atoms with van der Waals surface area (Å²) in [6.07, 6.45) is -2.11. The molecule has 1 saturated heterocycles. The number of hydrogen-bond acceptors (Lipinski definition) is 5. The van der Waals surface area contributed by atoms with E-state index < -0.39 is 6.36 Å². The predicted octanol–water partition coefficient (Wildman–Crippen LogP) is 4.17. The SMILES string of the molecule is CCCC(=O)N1CCCC(C(=O)Nc2nc3ccc(OC(F)(F)F)cc3s2)C1. The topological polar surface area (TPSA) is 71.5 Å². The van der Waals surface area contributed by atoms with Gasteiger partial charge >= 0.3 is 6.36 Å².